The first-order valence-electron chi connectivity index (χ1n) is 8.29. The lowest BCUT2D eigenvalue weighted by atomic mass is 9.85. The number of benzene rings is 1. The van der Waals surface area contributed by atoms with Crippen molar-refractivity contribution in [3.63, 3.8) is 0 Å². The average molecular weight is 285 g/mol. The van der Waals surface area contributed by atoms with Gasteiger partial charge in [0.15, 0.2) is 0 Å². The Morgan fingerprint density at radius 1 is 1.24 bits per heavy atom. The van der Waals surface area contributed by atoms with Gasteiger partial charge in [0.1, 0.15) is 17.6 Å². The normalized spacial score (nSPS) is 32.1. The number of piperidine rings is 1. The molecule has 0 amide bonds. The molecular formula is C18H23NO2. The Hall–Kier alpha value is -1.35. The summed E-state index contributed by atoms with van der Waals surface area (Å²) in [4.78, 5) is 13.7. The zero-order valence-electron chi connectivity index (χ0n) is 12.5. The van der Waals surface area contributed by atoms with Crippen LogP contribution >= 0.6 is 0 Å². The first kappa shape index (κ1) is 13.3. The van der Waals surface area contributed by atoms with Gasteiger partial charge < -0.3 is 9.64 Å². The molecule has 3 nitrogen and oxygen atoms in total. The van der Waals surface area contributed by atoms with Gasteiger partial charge >= 0.3 is 0 Å². The molecule has 2 unspecified atom stereocenters. The van der Waals surface area contributed by atoms with Gasteiger partial charge in [-0.25, -0.2) is 0 Å². The maximum Gasteiger partial charge on any atom is 0.150 e. The maximum atomic E-state index is 11.0. The molecule has 0 N–H and O–H groups in total. The molecule has 0 bridgehead atoms. The van der Waals surface area contributed by atoms with E-state index in [1.54, 1.807) is 0 Å². The van der Waals surface area contributed by atoms with Crippen molar-refractivity contribution in [3.8, 4) is 5.75 Å². The van der Waals surface area contributed by atoms with Gasteiger partial charge in [-0.2, -0.15) is 0 Å². The summed E-state index contributed by atoms with van der Waals surface area (Å²) in [5.74, 6) is 1.00. The minimum atomic E-state index is -0.0133. The predicted octanol–water partition coefficient (Wildman–Crippen LogP) is 3.21. The zero-order valence-corrected chi connectivity index (χ0v) is 12.5. The monoisotopic (exact) mass is 285 g/mol. The van der Waals surface area contributed by atoms with Gasteiger partial charge in [0.2, 0.25) is 0 Å². The summed E-state index contributed by atoms with van der Waals surface area (Å²) in [7, 11) is 0. The summed E-state index contributed by atoms with van der Waals surface area (Å²) in [6.45, 7) is 2.49. The van der Waals surface area contributed by atoms with Crippen molar-refractivity contribution >= 4 is 6.29 Å². The number of carbonyl (C=O) groups excluding carboxylic acids is 1. The Morgan fingerprint density at radius 2 is 2.14 bits per heavy atom. The minimum Gasteiger partial charge on any atom is -0.487 e. The number of hydrogen-bond acceptors (Lipinski definition) is 3. The van der Waals surface area contributed by atoms with E-state index in [4.69, 9.17) is 4.74 Å². The lowest BCUT2D eigenvalue weighted by Crippen LogP contribution is -2.44. The second-order valence-corrected chi connectivity index (χ2v) is 6.94. The quantitative estimate of drug-likeness (QED) is 0.742. The zero-order chi connectivity index (χ0) is 14.3. The first-order chi connectivity index (χ1) is 10.3. The van der Waals surface area contributed by atoms with Crippen LogP contribution in [0.3, 0.4) is 0 Å². The van der Waals surface area contributed by atoms with Crippen LogP contribution in [0, 0.1) is 0 Å². The van der Waals surface area contributed by atoms with Gasteiger partial charge in [0.25, 0.3) is 0 Å². The van der Waals surface area contributed by atoms with E-state index < -0.39 is 0 Å². The molecule has 21 heavy (non-hydrogen) atoms. The van der Waals surface area contributed by atoms with Crippen LogP contribution in [0.1, 0.15) is 54.4 Å². The lowest BCUT2D eigenvalue weighted by molar-refractivity contribution is 0.0496. The van der Waals surface area contributed by atoms with Gasteiger partial charge in [-0.05, 0) is 62.5 Å². The lowest BCUT2D eigenvalue weighted by Gasteiger charge is -2.37. The first-order valence-corrected chi connectivity index (χ1v) is 8.29. The number of hydrogen-bond donors (Lipinski definition) is 0. The fourth-order valence-electron chi connectivity index (χ4n) is 4.50. The summed E-state index contributed by atoms with van der Waals surface area (Å²) >= 11 is 0. The van der Waals surface area contributed by atoms with E-state index in [2.05, 4.69) is 4.90 Å². The molecule has 4 rings (SSSR count). The number of fused-ring (bicyclic) bond motifs is 2. The Balaban J connectivity index is 1.59. The molecule has 0 radical (unpaired) electrons. The van der Waals surface area contributed by atoms with Gasteiger partial charge in [-0.3, -0.25) is 4.79 Å². The Bertz CT molecular complexity index is 556. The summed E-state index contributed by atoms with van der Waals surface area (Å²) in [6, 6.07) is 6.56. The topological polar surface area (TPSA) is 29.5 Å². The molecule has 3 heterocycles. The van der Waals surface area contributed by atoms with Crippen molar-refractivity contribution < 1.29 is 9.53 Å². The number of carbonyl (C=O) groups is 1. The highest BCUT2D eigenvalue weighted by Crippen LogP contribution is 2.43. The fraction of sp³-hybridized carbons (Fsp3) is 0.611. The van der Waals surface area contributed by atoms with Gasteiger partial charge in [0, 0.05) is 24.4 Å². The van der Waals surface area contributed by atoms with Crippen molar-refractivity contribution in [2.24, 2.45) is 0 Å². The van der Waals surface area contributed by atoms with E-state index in [9.17, 15) is 4.79 Å². The molecule has 0 aliphatic carbocycles. The van der Waals surface area contributed by atoms with Gasteiger partial charge in [-0.15, -0.1) is 0 Å². The molecule has 3 aliphatic rings. The van der Waals surface area contributed by atoms with Crippen LogP contribution in [0.25, 0.3) is 0 Å². The summed E-state index contributed by atoms with van der Waals surface area (Å²) < 4.78 is 6.42. The third-order valence-electron chi connectivity index (χ3n) is 5.49. The molecule has 2 saturated heterocycles. The van der Waals surface area contributed by atoms with Crippen LogP contribution in [-0.2, 0) is 6.42 Å². The third kappa shape index (κ3) is 2.38. The smallest absolute Gasteiger partial charge is 0.150 e. The highest BCUT2D eigenvalue weighted by Gasteiger charge is 2.44. The molecule has 2 fully saturated rings. The summed E-state index contributed by atoms with van der Waals surface area (Å²) in [5.41, 5.74) is 1.98. The molecule has 3 heteroatoms. The Labute approximate surface area is 126 Å². The van der Waals surface area contributed by atoms with Crippen molar-refractivity contribution in [1.29, 1.82) is 0 Å². The predicted molar refractivity (Wildman–Crippen MR) is 82.0 cm³/mol. The van der Waals surface area contributed by atoms with E-state index in [-0.39, 0.29) is 5.60 Å². The van der Waals surface area contributed by atoms with Crippen molar-refractivity contribution in [3.05, 3.63) is 29.3 Å². The maximum absolute atomic E-state index is 11.0. The Morgan fingerprint density at radius 3 is 3.05 bits per heavy atom. The SMILES string of the molecule is O=Cc1ccc2c(c1)CC1(CCCN3CCCCC3C1)O2. The van der Waals surface area contributed by atoms with Crippen molar-refractivity contribution in [2.45, 2.75) is 56.6 Å². The van der Waals surface area contributed by atoms with Crippen LogP contribution < -0.4 is 4.74 Å². The number of aldehydes is 1. The largest absolute Gasteiger partial charge is 0.487 e. The molecular weight excluding hydrogens is 262 g/mol. The fourth-order valence-corrected chi connectivity index (χ4v) is 4.50. The van der Waals surface area contributed by atoms with Gasteiger partial charge in [0.05, 0.1) is 0 Å². The molecule has 1 aromatic rings. The van der Waals surface area contributed by atoms with E-state index in [1.807, 2.05) is 18.2 Å². The third-order valence-corrected chi connectivity index (χ3v) is 5.49. The van der Waals surface area contributed by atoms with Crippen molar-refractivity contribution in [2.75, 3.05) is 13.1 Å². The molecule has 3 aliphatic heterocycles. The van der Waals surface area contributed by atoms with Crippen molar-refractivity contribution in [1.82, 2.24) is 4.90 Å². The second-order valence-electron chi connectivity index (χ2n) is 6.94. The molecule has 0 aromatic heterocycles. The molecule has 1 spiro atoms. The highest BCUT2D eigenvalue weighted by atomic mass is 16.5. The van der Waals surface area contributed by atoms with Crippen LogP contribution in [0.15, 0.2) is 18.2 Å². The van der Waals surface area contributed by atoms with Crippen LogP contribution in [0.4, 0.5) is 0 Å². The number of rotatable bonds is 1. The molecule has 1 aromatic carbocycles. The summed E-state index contributed by atoms with van der Waals surface area (Å²) in [5, 5.41) is 0. The standard InChI is InChI=1S/C18H23NO2/c20-13-14-5-6-17-15(10-14)11-18(21-17)7-3-9-19-8-2-1-4-16(19)12-18/h5-6,10,13,16H,1-4,7-9,11-12H2. The van der Waals surface area contributed by atoms with Crippen LogP contribution in [-0.4, -0.2) is 35.9 Å². The number of nitrogens with zero attached hydrogens (tertiary/aromatic N) is 1. The number of ether oxygens (including phenoxy) is 1. The van der Waals surface area contributed by atoms with Gasteiger partial charge in [-0.1, -0.05) is 6.42 Å². The van der Waals surface area contributed by atoms with E-state index in [0.29, 0.717) is 6.04 Å². The van der Waals surface area contributed by atoms with E-state index >= 15 is 0 Å². The Kier molecular flexibility index (Phi) is 3.26. The van der Waals surface area contributed by atoms with E-state index in [1.165, 1.54) is 44.3 Å². The van der Waals surface area contributed by atoms with Crippen LogP contribution in [0.2, 0.25) is 0 Å². The van der Waals surface area contributed by atoms with Crippen LogP contribution in [0.5, 0.6) is 5.75 Å². The minimum absolute atomic E-state index is 0.0133. The highest BCUT2D eigenvalue weighted by molar-refractivity contribution is 5.75. The molecule has 2 atom stereocenters. The second kappa shape index (κ2) is 5.13. The molecule has 112 valence electrons. The molecule has 0 saturated carbocycles. The van der Waals surface area contributed by atoms with E-state index in [0.717, 1.165) is 36.9 Å². The average Bonchev–Trinajstić information content (AvgIpc) is 2.75. The summed E-state index contributed by atoms with van der Waals surface area (Å²) in [6.07, 6.45) is 9.47.